The van der Waals surface area contributed by atoms with E-state index >= 15 is 0 Å². The molecule has 0 saturated carbocycles. The van der Waals surface area contributed by atoms with E-state index in [1.54, 1.807) is 21.5 Å². The molecule has 4 heteroatoms. The first kappa shape index (κ1) is 27.4. The van der Waals surface area contributed by atoms with Crippen LogP contribution in [0.25, 0.3) is 21.5 Å². The van der Waals surface area contributed by atoms with Gasteiger partial charge >= 0.3 is 26.2 Å². The van der Waals surface area contributed by atoms with E-state index in [-0.39, 0.29) is 51.0 Å². The molecule has 0 aromatic heterocycles. The summed E-state index contributed by atoms with van der Waals surface area (Å²) < 4.78 is 0. The van der Waals surface area contributed by atoms with Crippen molar-refractivity contribution in [1.29, 1.82) is 0 Å². The van der Waals surface area contributed by atoms with Gasteiger partial charge in [-0.3, -0.25) is 0 Å². The van der Waals surface area contributed by atoms with Gasteiger partial charge in [-0.2, -0.15) is 10.4 Å². The standard InChI is InChI=1S/C26H30Si.2ClH.Zr/c1-7-19-15-21-13-9-11-17(3)23(21)25(19)27(5,6)26-20(8-2)16-22-14-10-12-18(4)24(22)26;;;/h9-16H,7-8H2,1-6H3;2*1H;/q-2;;;+4/p-2. The Morgan fingerprint density at radius 3 is 1.40 bits per heavy atom. The molecule has 0 spiro atoms. The Kier molecular flexibility index (Phi) is 9.40. The van der Waals surface area contributed by atoms with Gasteiger partial charge in [0.05, 0.1) is 0 Å². The fourth-order valence-electron chi connectivity index (χ4n) is 5.26. The van der Waals surface area contributed by atoms with Crippen LogP contribution >= 0.6 is 0 Å². The zero-order chi connectivity index (χ0) is 19.3. The molecule has 0 fully saturated rings. The molecule has 4 aromatic rings. The van der Waals surface area contributed by atoms with Gasteiger partial charge < -0.3 is 24.8 Å². The number of hydrogen-bond acceptors (Lipinski definition) is 0. The van der Waals surface area contributed by atoms with E-state index in [1.807, 2.05) is 0 Å². The maximum Gasteiger partial charge on any atom is 4.00 e. The van der Waals surface area contributed by atoms with Gasteiger partial charge in [0.25, 0.3) is 0 Å². The van der Waals surface area contributed by atoms with Gasteiger partial charge in [0.2, 0.25) is 0 Å². The van der Waals surface area contributed by atoms with Crippen molar-refractivity contribution < 1.29 is 51.0 Å². The number of rotatable bonds is 4. The Balaban J connectivity index is 0.00000150. The van der Waals surface area contributed by atoms with Crippen LogP contribution in [0.4, 0.5) is 0 Å². The predicted octanol–water partition coefficient (Wildman–Crippen LogP) is 0.000540. The molecule has 0 unspecified atom stereocenters. The summed E-state index contributed by atoms with van der Waals surface area (Å²) in [6.07, 6.45) is 2.22. The predicted molar refractivity (Wildman–Crippen MR) is 124 cm³/mol. The third-order valence-corrected chi connectivity index (χ3v) is 10.1. The summed E-state index contributed by atoms with van der Waals surface area (Å²) in [7, 11) is -1.87. The van der Waals surface area contributed by atoms with Gasteiger partial charge in [0, 0.05) is 8.07 Å². The van der Waals surface area contributed by atoms with Crippen LogP contribution in [0.5, 0.6) is 0 Å². The van der Waals surface area contributed by atoms with Crippen LogP contribution in [-0.4, -0.2) is 8.07 Å². The summed E-state index contributed by atoms with van der Waals surface area (Å²) >= 11 is 0. The molecule has 0 aliphatic rings. The van der Waals surface area contributed by atoms with Crippen molar-refractivity contribution in [2.75, 3.05) is 0 Å². The third-order valence-electron chi connectivity index (χ3n) is 6.42. The second-order valence-electron chi connectivity index (χ2n) is 8.50. The fourth-order valence-corrected chi connectivity index (χ4v) is 9.54. The third kappa shape index (κ3) is 4.18. The Morgan fingerprint density at radius 2 is 1.07 bits per heavy atom. The molecule has 0 atom stereocenters. The van der Waals surface area contributed by atoms with Crippen LogP contribution < -0.4 is 35.2 Å². The number of benzene rings is 2. The van der Waals surface area contributed by atoms with E-state index in [0.29, 0.717) is 0 Å². The quantitative estimate of drug-likeness (QED) is 0.257. The topological polar surface area (TPSA) is 0 Å². The number of hydrogen-bond donors (Lipinski definition) is 0. The minimum atomic E-state index is -1.87. The first-order valence-electron chi connectivity index (χ1n) is 10.3. The number of fused-ring (bicyclic) bond motifs is 2. The van der Waals surface area contributed by atoms with Gasteiger partial charge in [-0.15, -0.1) is 69.1 Å². The van der Waals surface area contributed by atoms with Crippen LogP contribution in [0, 0.1) is 13.8 Å². The van der Waals surface area contributed by atoms with Crippen LogP contribution in [0.15, 0.2) is 48.5 Å². The normalized spacial score (nSPS) is 11.1. The summed E-state index contributed by atoms with van der Waals surface area (Å²) in [6.45, 7) is 14.3. The largest absolute Gasteiger partial charge is 4.00 e. The van der Waals surface area contributed by atoms with Crippen LogP contribution in [-0.2, 0) is 39.0 Å². The Bertz CT molecular complexity index is 1060. The molecule has 0 radical (unpaired) electrons. The van der Waals surface area contributed by atoms with Gasteiger partial charge in [-0.1, -0.05) is 50.2 Å². The van der Waals surface area contributed by atoms with E-state index < -0.39 is 8.07 Å². The smallest absolute Gasteiger partial charge is 1.00 e. The molecule has 0 amide bonds. The van der Waals surface area contributed by atoms with Crippen molar-refractivity contribution in [2.45, 2.75) is 53.6 Å². The van der Waals surface area contributed by atoms with E-state index in [0.717, 1.165) is 12.8 Å². The summed E-state index contributed by atoms with van der Waals surface area (Å²) in [5.41, 5.74) is 5.96. The molecular formula is C26H30Cl2SiZr. The molecule has 4 aromatic carbocycles. The first-order chi connectivity index (χ1) is 12.9. The maximum atomic E-state index is 2.58. The number of halogens is 2. The van der Waals surface area contributed by atoms with Crippen molar-refractivity contribution in [3.8, 4) is 0 Å². The van der Waals surface area contributed by atoms with Gasteiger partial charge in [-0.05, 0) is 26.7 Å². The Labute approximate surface area is 214 Å². The Hall–Kier alpha value is -0.660. The van der Waals surface area contributed by atoms with E-state index in [4.69, 9.17) is 0 Å². The van der Waals surface area contributed by atoms with Crippen molar-refractivity contribution >= 4 is 40.0 Å². The van der Waals surface area contributed by atoms with Crippen LogP contribution in [0.2, 0.25) is 13.1 Å². The minimum absolute atomic E-state index is 0. The SMILES string of the molecule is CCc1[cH-]c2cccc(C)c2c1[Si](C)(C)c1c(CC)[cH-]c2cccc(C)c12.[Cl-].[Cl-].[Zr+4]. The van der Waals surface area contributed by atoms with E-state index in [2.05, 4.69) is 89.3 Å². The zero-order valence-corrected chi connectivity index (χ0v) is 23.8. The van der Waals surface area contributed by atoms with Crippen molar-refractivity contribution in [2.24, 2.45) is 0 Å². The summed E-state index contributed by atoms with van der Waals surface area (Å²) in [5.74, 6) is 0. The summed E-state index contributed by atoms with van der Waals surface area (Å²) in [6, 6.07) is 18.5. The van der Waals surface area contributed by atoms with E-state index in [9.17, 15) is 0 Å². The number of aryl methyl sites for hydroxylation is 4. The molecule has 0 aliphatic heterocycles. The van der Waals surface area contributed by atoms with Gasteiger partial charge in [-0.25, -0.2) is 0 Å². The molecule has 0 aliphatic carbocycles. The van der Waals surface area contributed by atoms with E-state index in [1.165, 1.54) is 32.7 Å². The molecule has 156 valence electrons. The molecule has 0 bridgehead atoms. The molecule has 4 rings (SSSR count). The fraction of sp³-hybridized carbons (Fsp3) is 0.308. The van der Waals surface area contributed by atoms with Gasteiger partial charge in [0.15, 0.2) is 0 Å². The summed E-state index contributed by atoms with van der Waals surface area (Å²) in [5, 5.41) is 9.24. The Morgan fingerprint density at radius 1 is 0.700 bits per heavy atom. The molecule has 0 heterocycles. The maximum absolute atomic E-state index is 2.58. The second kappa shape index (κ2) is 10.3. The molecule has 0 N–H and O–H groups in total. The summed E-state index contributed by atoms with van der Waals surface area (Å²) in [4.78, 5) is 0. The van der Waals surface area contributed by atoms with Crippen molar-refractivity contribution in [3.63, 3.8) is 0 Å². The first-order valence-corrected chi connectivity index (χ1v) is 13.3. The molecule has 0 saturated heterocycles. The van der Waals surface area contributed by atoms with Crippen LogP contribution in [0.1, 0.15) is 36.1 Å². The molecular weight excluding hydrogens is 503 g/mol. The van der Waals surface area contributed by atoms with Crippen molar-refractivity contribution in [3.05, 3.63) is 70.8 Å². The van der Waals surface area contributed by atoms with Crippen LogP contribution in [0.3, 0.4) is 0 Å². The molecule has 30 heavy (non-hydrogen) atoms. The zero-order valence-electron chi connectivity index (χ0n) is 18.8. The average Bonchev–Trinajstić information content (AvgIpc) is 3.22. The monoisotopic (exact) mass is 530 g/mol. The molecule has 0 nitrogen and oxygen atoms in total. The second-order valence-corrected chi connectivity index (χ2v) is 12.7. The van der Waals surface area contributed by atoms with Crippen molar-refractivity contribution in [1.82, 2.24) is 0 Å². The average molecular weight is 533 g/mol. The minimum Gasteiger partial charge on any atom is -1.00 e. The van der Waals surface area contributed by atoms with Gasteiger partial charge in [0.1, 0.15) is 0 Å².